The van der Waals surface area contributed by atoms with Gasteiger partial charge in [-0.15, -0.1) is 0 Å². The molecule has 1 atom stereocenters. The highest BCUT2D eigenvalue weighted by Gasteiger charge is 2.14. The Morgan fingerprint density at radius 3 is 2.88 bits per heavy atom. The molecule has 1 aromatic heterocycles. The van der Waals surface area contributed by atoms with E-state index >= 15 is 0 Å². The molecular weight excluding hydrogens is 202 g/mol. The second-order valence-electron chi connectivity index (χ2n) is 3.88. The van der Waals surface area contributed by atoms with Crippen LogP contribution in [-0.2, 0) is 4.74 Å². The lowest BCUT2D eigenvalue weighted by molar-refractivity contribution is 0.203. The minimum atomic E-state index is 0.444. The Morgan fingerprint density at radius 2 is 2.31 bits per heavy atom. The molecule has 4 nitrogen and oxygen atoms in total. The van der Waals surface area contributed by atoms with E-state index in [-0.39, 0.29) is 0 Å². The van der Waals surface area contributed by atoms with E-state index in [1.54, 1.807) is 19.5 Å². The fourth-order valence-electron chi connectivity index (χ4n) is 1.65. The zero-order valence-corrected chi connectivity index (χ0v) is 10.3. The van der Waals surface area contributed by atoms with Crippen molar-refractivity contribution in [2.45, 2.75) is 26.3 Å². The Balaban J connectivity index is 2.87. The predicted molar refractivity (Wildman–Crippen MR) is 67.6 cm³/mol. The van der Waals surface area contributed by atoms with Crippen LogP contribution in [0.25, 0.3) is 0 Å². The van der Waals surface area contributed by atoms with E-state index in [0.717, 1.165) is 24.3 Å². The van der Waals surface area contributed by atoms with Gasteiger partial charge in [-0.3, -0.25) is 4.98 Å². The van der Waals surface area contributed by atoms with Crippen molar-refractivity contribution in [2.75, 3.05) is 30.9 Å². The molecule has 1 unspecified atom stereocenters. The number of nitrogens with two attached hydrogens (primary N) is 1. The number of aromatic nitrogens is 1. The van der Waals surface area contributed by atoms with Crippen LogP contribution in [0.5, 0.6) is 0 Å². The molecule has 1 rings (SSSR count). The van der Waals surface area contributed by atoms with E-state index in [2.05, 4.69) is 23.7 Å². The topological polar surface area (TPSA) is 51.4 Å². The molecule has 0 aromatic carbocycles. The normalized spacial score (nSPS) is 12.4. The van der Waals surface area contributed by atoms with Crippen LogP contribution in [0.15, 0.2) is 18.5 Å². The van der Waals surface area contributed by atoms with E-state index in [9.17, 15) is 0 Å². The van der Waals surface area contributed by atoms with Crippen molar-refractivity contribution in [1.82, 2.24) is 4.98 Å². The van der Waals surface area contributed by atoms with Crippen molar-refractivity contribution in [3.63, 3.8) is 0 Å². The fraction of sp³-hybridized carbons (Fsp3) is 0.583. The third-order valence-electron chi connectivity index (χ3n) is 2.80. The Morgan fingerprint density at radius 1 is 1.56 bits per heavy atom. The van der Waals surface area contributed by atoms with E-state index < -0.39 is 0 Å². The second kappa shape index (κ2) is 6.33. The summed E-state index contributed by atoms with van der Waals surface area (Å²) in [7, 11) is 1.71. The van der Waals surface area contributed by atoms with Gasteiger partial charge in [0.2, 0.25) is 0 Å². The monoisotopic (exact) mass is 223 g/mol. The molecule has 0 saturated heterocycles. The highest BCUT2D eigenvalue weighted by molar-refractivity contribution is 5.66. The standard InChI is InChI=1S/C12H21N3O/c1-4-10(2)15(7-8-16-3)12-5-6-14-9-11(12)13/h5-6,9-10H,4,7-8,13H2,1-3H3. The minimum Gasteiger partial charge on any atom is -0.396 e. The maximum Gasteiger partial charge on any atom is 0.0738 e. The molecule has 0 fully saturated rings. The van der Waals surface area contributed by atoms with Crippen LogP contribution in [0, 0.1) is 0 Å². The average Bonchev–Trinajstić information content (AvgIpc) is 2.31. The van der Waals surface area contributed by atoms with Crippen LogP contribution in [0.3, 0.4) is 0 Å². The molecule has 1 aromatic rings. The number of rotatable bonds is 6. The molecule has 90 valence electrons. The summed E-state index contributed by atoms with van der Waals surface area (Å²) in [5.74, 6) is 0. The summed E-state index contributed by atoms with van der Waals surface area (Å²) < 4.78 is 5.13. The predicted octanol–water partition coefficient (Wildman–Crippen LogP) is 1.92. The summed E-state index contributed by atoms with van der Waals surface area (Å²) in [4.78, 5) is 6.27. The molecule has 2 N–H and O–H groups in total. The number of anilines is 2. The zero-order valence-electron chi connectivity index (χ0n) is 10.3. The number of hydrogen-bond donors (Lipinski definition) is 1. The van der Waals surface area contributed by atoms with Crippen molar-refractivity contribution < 1.29 is 4.74 Å². The molecule has 0 aliphatic rings. The number of nitrogens with zero attached hydrogens (tertiary/aromatic N) is 2. The van der Waals surface area contributed by atoms with Gasteiger partial charge in [0.05, 0.1) is 24.2 Å². The molecule has 0 spiro atoms. The van der Waals surface area contributed by atoms with E-state index in [1.807, 2.05) is 6.07 Å². The fourth-order valence-corrected chi connectivity index (χ4v) is 1.65. The number of nitrogen functional groups attached to an aromatic ring is 1. The maximum absolute atomic E-state index is 5.94. The maximum atomic E-state index is 5.94. The van der Waals surface area contributed by atoms with E-state index in [0.29, 0.717) is 12.6 Å². The van der Waals surface area contributed by atoms with Crippen molar-refractivity contribution in [1.29, 1.82) is 0 Å². The van der Waals surface area contributed by atoms with Gasteiger partial charge in [0.25, 0.3) is 0 Å². The molecule has 4 heteroatoms. The van der Waals surface area contributed by atoms with Crippen LogP contribution >= 0.6 is 0 Å². The van der Waals surface area contributed by atoms with Gasteiger partial charge in [0.1, 0.15) is 0 Å². The third kappa shape index (κ3) is 3.10. The second-order valence-corrected chi connectivity index (χ2v) is 3.88. The Kier molecular flexibility index (Phi) is 5.05. The van der Waals surface area contributed by atoms with E-state index in [4.69, 9.17) is 10.5 Å². The van der Waals surface area contributed by atoms with E-state index in [1.165, 1.54) is 0 Å². The van der Waals surface area contributed by atoms with Crippen LogP contribution in [0.1, 0.15) is 20.3 Å². The van der Waals surface area contributed by atoms with Crippen LogP contribution in [0.2, 0.25) is 0 Å². The summed E-state index contributed by atoms with van der Waals surface area (Å²) >= 11 is 0. The molecule has 0 radical (unpaired) electrons. The molecular formula is C12H21N3O. The Labute approximate surface area is 97.4 Å². The lowest BCUT2D eigenvalue weighted by Crippen LogP contribution is -2.35. The summed E-state index contributed by atoms with van der Waals surface area (Å²) in [5.41, 5.74) is 7.70. The lowest BCUT2D eigenvalue weighted by Gasteiger charge is -2.31. The molecule has 0 aliphatic carbocycles. The Bertz CT molecular complexity index is 317. The largest absolute Gasteiger partial charge is 0.396 e. The molecule has 0 aliphatic heterocycles. The first-order valence-electron chi connectivity index (χ1n) is 5.65. The molecule has 0 amide bonds. The van der Waals surface area contributed by atoms with Gasteiger partial charge in [-0.2, -0.15) is 0 Å². The summed E-state index contributed by atoms with van der Waals surface area (Å²) in [6.45, 7) is 5.91. The third-order valence-corrected chi connectivity index (χ3v) is 2.80. The molecule has 0 bridgehead atoms. The average molecular weight is 223 g/mol. The quantitative estimate of drug-likeness (QED) is 0.800. The van der Waals surface area contributed by atoms with Crippen LogP contribution < -0.4 is 10.6 Å². The minimum absolute atomic E-state index is 0.444. The zero-order chi connectivity index (χ0) is 12.0. The highest BCUT2D eigenvalue weighted by atomic mass is 16.5. The number of pyridine rings is 1. The lowest BCUT2D eigenvalue weighted by atomic mass is 10.2. The van der Waals surface area contributed by atoms with Gasteiger partial charge >= 0.3 is 0 Å². The van der Waals surface area contributed by atoms with Gasteiger partial charge in [0.15, 0.2) is 0 Å². The first-order chi connectivity index (χ1) is 7.70. The van der Waals surface area contributed by atoms with Crippen molar-refractivity contribution in [3.8, 4) is 0 Å². The number of ether oxygens (including phenoxy) is 1. The molecule has 1 heterocycles. The first kappa shape index (κ1) is 12.8. The summed E-state index contributed by atoms with van der Waals surface area (Å²) in [6.07, 6.45) is 4.54. The van der Waals surface area contributed by atoms with Gasteiger partial charge in [-0.05, 0) is 19.4 Å². The summed E-state index contributed by atoms with van der Waals surface area (Å²) in [6, 6.07) is 2.40. The summed E-state index contributed by atoms with van der Waals surface area (Å²) in [5, 5.41) is 0. The first-order valence-corrected chi connectivity index (χ1v) is 5.65. The van der Waals surface area contributed by atoms with Crippen LogP contribution in [-0.4, -0.2) is 31.3 Å². The molecule has 0 saturated carbocycles. The number of methoxy groups -OCH3 is 1. The van der Waals surface area contributed by atoms with Crippen molar-refractivity contribution in [3.05, 3.63) is 18.5 Å². The van der Waals surface area contributed by atoms with Gasteiger partial charge < -0.3 is 15.4 Å². The van der Waals surface area contributed by atoms with Crippen molar-refractivity contribution in [2.24, 2.45) is 0 Å². The SMILES string of the molecule is CCC(C)N(CCOC)c1ccncc1N. The number of hydrogen-bond acceptors (Lipinski definition) is 4. The van der Waals surface area contributed by atoms with Gasteiger partial charge in [-0.1, -0.05) is 6.92 Å². The highest BCUT2D eigenvalue weighted by Crippen LogP contribution is 2.24. The molecule has 16 heavy (non-hydrogen) atoms. The van der Waals surface area contributed by atoms with Crippen molar-refractivity contribution >= 4 is 11.4 Å². The van der Waals surface area contributed by atoms with Gasteiger partial charge in [-0.25, -0.2) is 0 Å². The van der Waals surface area contributed by atoms with Crippen LogP contribution in [0.4, 0.5) is 11.4 Å². The van der Waals surface area contributed by atoms with Gasteiger partial charge in [0, 0.05) is 25.9 Å². The Hall–Kier alpha value is -1.29. The smallest absolute Gasteiger partial charge is 0.0738 e.